The first-order valence-corrected chi connectivity index (χ1v) is 6.39. The van der Waals surface area contributed by atoms with Crippen LogP contribution in [0.15, 0.2) is 23.2 Å². The number of methoxy groups -OCH3 is 1. The number of rotatable bonds is 3. The van der Waals surface area contributed by atoms with Crippen LogP contribution in [0.2, 0.25) is 0 Å². The molecule has 1 rings (SSSR count). The van der Waals surface area contributed by atoms with Crippen molar-refractivity contribution >= 4 is 23.4 Å². The predicted octanol–water partition coefficient (Wildman–Crippen LogP) is 1.65. The molecule has 0 atom stereocenters. The van der Waals surface area contributed by atoms with E-state index in [1.165, 1.54) is 25.3 Å². The Labute approximate surface area is 127 Å². The molecule has 0 aromatic heterocycles. The normalized spacial score (nSPS) is 11.7. The van der Waals surface area contributed by atoms with Crippen LogP contribution in [0.25, 0.3) is 0 Å². The lowest BCUT2D eigenvalue weighted by atomic mass is 10.1. The lowest BCUT2D eigenvalue weighted by molar-refractivity contribution is -0.384. The lowest BCUT2D eigenvalue weighted by Gasteiger charge is -2.20. The molecule has 1 aromatic carbocycles. The zero-order valence-electron chi connectivity index (χ0n) is 12.8. The second-order valence-corrected chi connectivity index (χ2v) is 5.41. The summed E-state index contributed by atoms with van der Waals surface area (Å²) in [5, 5.41) is 15.9. The summed E-state index contributed by atoms with van der Waals surface area (Å²) in [4.78, 5) is 26.0. The number of nitro benzene ring substituents is 1. The monoisotopic (exact) mass is 309 g/mol. The van der Waals surface area contributed by atoms with Gasteiger partial charge in [0, 0.05) is 11.6 Å². The minimum absolute atomic E-state index is 0.0661. The molecule has 9 nitrogen and oxygen atoms in total. The molecule has 2 amide bonds. The van der Waals surface area contributed by atoms with Crippen molar-refractivity contribution in [3.63, 3.8) is 0 Å². The third kappa shape index (κ3) is 4.93. The Morgan fingerprint density at radius 3 is 2.55 bits per heavy atom. The number of hydrogen-bond acceptors (Lipinski definition) is 5. The van der Waals surface area contributed by atoms with Crippen LogP contribution in [0, 0.1) is 10.1 Å². The van der Waals surface area contributed by atoms with Gasteiger partial charge in [-0.05, 0) is 26.8 Å². The maximum absolute atomic E-state index is 11.7. The molecule has 0 heterocycles. The van der Waals surface area contributed by atoms with Crippen molar-refractivity contribution in [1.82, 2.24) is 10.6 Å². The number of urea groups is 1. The Morgan fingerprint density at radius 2 is 2.05 bits per heavy atom. The maximum atomic E-state index is 11.7. The van der Waals surface area contributed by atoms with Crippen molar-refractivity contribution in [2.45, 2.75) is 26.3 Å². The van der Waals surface area contributed by atoms with Crippen LogP contribution in [0.3, 0.4) is 0 Å². The van der Waals surface area contributed by atoms with E-state index >= 15 is 0 Å². The van der Waals surface area contributed by atoms with Gasteiger partial charge in [-0.2, -0.15) is 0 Å². The van der Waals surface area contributed by atoms with Crippen LogP contribution in [-0.4, -0.2) is 29.6 Å². The molecule has 0 unspecified atom stereocenters. The number of para-hydroxylation sites is 1. The van der Waals surface area contributed by atoms with Gasteiger partial charge < -0.3 is 15.8 Å². The summed E-state index contributed by atoms with van der Waals surface area (Å²) < 4.78 is 5.03. The predicted molar refractivity (Wildman–Crippen MR) is 82.4 cm³/mol. The average molecular weight is 309 g/mol. The zero-order valence-corrected chi connectivity index (χ0v) is 12.8. The molecule has 0 radical (unpaired) electrons. The number of carbonyl (C=O) groups excluding carboxylic acids is 1. The van der Waals surface area contributed by atoms with E-state index in [9.17, 15) is 14.9 Å². The molecular formula is C13H19N5O4. The summed E-state index contributed by atoms with van der Waals surface area (Å²) in [5.74, 6) is -0.107. The molecule has 4 N–H and O–H groups in total. The van der Waals surface area contributed by atoms with Gasteiger partial charge in [-0.3, -0.25) is 15.4 Å². The van der Waals surface area contributed by atoms with E-state index in [-0.39, 0.29) is 23.1 Å². The van der Waals surface area contributed by atoms with Gasteiger partial charge >= 0.3 is 6.03 Å². The molecule has 0 aliphatic heterocycles. The van der Waals surface area contributed by atoms with Crippen LogP contribution in [0.1, 0.15) is 20.8 Å². The van der Waals surface area contributed by atoms with Crippen LogP contribution < -0.4 is 21.1 Å². The number of nitrogens with zero attached hydrogens (tertiary/aromatic N) is 2. The summed E-state index contributed by atoms with van der Waals surface area (Å²) in [6, 6.07) is 3.68. The van der Waals surface area contributed by atoms with Crippen LogP contribution in [0.5, 0.6) is 5.75 Å². The van der Waals surface area contributed by atoms with Crippen molar-refractivity contribution in [2.75, 3.05) is 7.11 Å². The number of guanidine groups is 1. The summed E-state index contributed by atoms with van der Waals surface area (Å²) >= 11 is 0. The van der Waals surface area contributed by atoms with Crippen molar-refractivity contribution in [3.8, 4) is 5.75 Å². The van der Waals surface area contributed by atoms with E-state index in [0.717, 1.165) is 0 Å². The SMILES string of the molecule is COc1cccc([N+](=O)[O-])c1N=C(N)NC(=O)NC(C)(C)C. The number of nitrogens with two attached hydrogens (primary N) is 1. The molecule has 0 spiro atoms. The zero-order chi connectivity index (χ0) is 16.9. The molecule has 9 heteroatoms. The minimum Gasteiger partial charge on any atom is -0.494 e. The van der Waals surface area contributed by atoms with E-state index in [0.29, 0.717) is 0 Å². The fraction of sp³-hybridized carbons (Fsp3) is 0.385. The van der Waals surface area contributed by atoms with E-state index in [1.54, 1.807) is 20.8 Å². The molecule has 22 heavy (non-hydrogen) atoms. The summed E-state index contributed by atoms with van der Waals surface area (Å²) in [6.45, 7) is 5.39. The Kier molecular flexibility index (Phi) is 5.28. The highest BCUT2D eigenvalue weighted by molar-refractivity contribution is 5.97. The Hall–Kier alpha value is -2.84. The van der Waals surface area contributed by atoms with Gasteiger partial charge in [-0.25, -0.2) is 9.79 Å². The van der Waals surface area contributed by atoms with Crippen LogP contribution in [0.4, 0.5) is 16.2 Å². The first-order valence-electron chi connectivity index (χ1n) is 6.39. The Morgan fingerprint density at radius 1 is 1.41 bits per heavy atom. The highest BCUT2D eigenvalue weighted by Gasteiger charge is 2.19. The summed E-state index contributed by atoms with van der Waals surface area (Å²) in [6.07, 6.45) is 0. The second-order valence-electron chi connectivity index (χ2n) is 5.41. The molecule has 0 aliphatic rings. The number of nitro groups is 1. The number of amides is 2. The Balaban J connectivity index is 3.06. The highest BCUT2D eigenvalue weighted by Crippen LogP contribution is 2.36. The fourth-order valence-electron chi connectivity index (χ4n) is 1.57. The fourth-order valence-corrected chi connectivity index (χ4v) is 1.57. The molecule has 120 valence electrons. The van der Waals surface area contributed by atoms with Gasteiger partial charge in [0.2, 0.25) is 5.96 Å². The number of aliphatic imine (C=N–C) groups is 1. The number of hydrogen-bond donors (Lipinski definition) is 3. The molecule has 0 fully saturated rings. The quantitative estimate of drug-likeness (QED) is 0.338. The standard InChI is InChI=1S/C13H19N5O4/c1-13(2,3)17-12(19)16-11(14)15-10-8(18(20)21)6-5-7-9(10)22-4/h5-7H,1-4H3,(H4,14,15,16,17,19). The lowest BCUT2D eigenvalue weighted by Crippen LogP contribution is -2.50. The molecule has 1 aromatic rings. The average Bonchev–Trinajstić information content (AvgIpc) is 2.35. The van der Waals surface area contributed by atoms with Crippen LogP contribution >= 0.6 is 0 Å². The first-order chi connectivity index (χ1) is 10.1. The smallest absolute Gasteiger partial charge is 0.321 e. The van der Waals surface area contributed by atoms with Crippen LogP contribution in [-0.2, 0) is 0 Å². The van der Waals surface area contributed by atoms with Gasteiger partial charge in [0.1, 0.15) is 0 Å². The van der Waals surface area contributed by atoms with E-state index in [1.807, 2.05) is 0 Å². The third-order valence-electron chi connectivity index (χ3n) is 2.36. The molecule has 0 saturated carbocycles. The van der Waals surface area contributed by atoms with Gasteiger partial charge in [0.25, 0.3) is 5.69 Å². The number of benzene rings is 1. The number of ether oxygens (including phenoxy) is 1. The largest absolute Gasteiger partial charge is 0.494 e. The number of carbonyl (C=O) groups is 1. The molecule has 0 bridgehead atoms. The molecular weight excluding hydrogens is 290 g/mol. The van der Waals surface area contributed by atoms with Crippen molar-refractivity contribution in [2.24, 2.45) is 10.7 Å². The van der Waals surface area contributed by atoms with Crippen molar-refractivity contribution in [1.29, 1.82) is 0 Å². The van der Waals surface area contributed by atoms with Gasteiger partial charge in [0.15, 0.2) is 11.4 Å². The molecule has 0 saturated heterocycles. The Bertz CT molecular complexity index is 607. The second kappa shape index (κ2) is 6.74. The van der Waals surface area contributed by atoms with E-state index < -0.39 is 16.5 Å². The van der Waals surface area contributed by atoms with E-state index in [2.05, 4.69) is 15.6 Å². The minimum atomic E-state index is -0.607. The summed E-state index contributed by atoms with van der Waals surface area (Å²) in [5.41, 5.74) is 4.82. The molecule has 0 aliphatic carbocycles. The highest BCUT2D eigenvalue weighted by atomic mass is 16.6. The first kappa shape index (κ1) is 17.2. The van der Waals surface area contributed by atoms with E-state index in [4.69, 9.17) is 10.5 Å². The summed E-state index contributed by atoms with van der Waals surface area (Å²) in [7, 11) is 1.36. The third-order valence-corrected chi connectivity index (χ3v) is 2.36. The van der Waals surface area contributed by atoms with Gasteiger partial charge in [0.05, 0.1) is 12.0 Å². The number of nitrogens with one attached hydrogen (secondary N) is 2. The van der Waals surface area contributed by atoms with Crippen molar-refractivity contribution in [3.05, 3.63) is 28.3 Å². The van der Waals surface area contributed by atoms with Gasteiger partial charge in [-0.15, -0.1) is 0 Å². The maximum Gasteiger partial charge on any atom is 0.321 e. The van der Waals surface area contributed by atoms with Gasteiger partial charge in [-0.1, -0.05) is 6.07 Å². The van der Waals surface area contributed by atoms with Crippen molar-refractivity contribution < 1.29 is 14.5 Å². The topological polar surface area (TPSA) is 132 Å².